The Kier molecular flexibility index (Phi) is 3.74. The van der Waals surface area contributed by atoms with Crippen LogP contribution in [0.1, 0.15) is 12.5 Å². The highest BCUT2D eigenvalue weighted by atomic mass is 14.6. The van der Waals surface area contributed by atoms with E-state index >= 15 is 0 Å². The Morgan fingerprint density at radius 3 is 1.86 bits per heavy atom. The molecule has 0 spiro atoms. The molecule has 0 bridgehead atoms. The van der Waals surface area contributed by atoms with Crippen LogP contribution in [-0.2, 0) is 6.42 Å². The van der Waals surface area contributed by atoms with E-state index in [0.717, 1.165) is 17.7 Å². The van der Waals surface area contributed by atoms with Crippen LogP contribution in [0.25, 0.3) is 22.3 Å². The zero-order valence-corrected chi connectivity index (χ0v) is 12.2. The highest BCUT2D eigenvalue weighted by Gasteiger charge is 2.08. The van der Waals surface area contributed by atoms with E-state index in [1.165, 1.54) is 22.3 Å². The first kappa shape index (κ1) is 13.4. The number of rotatable bonds is 3. The Labute approximate surface area is 126 Å². The predicted molar refractivity (Wildman–Crippen MR) is 91.1 cm³/mol. The van der Waals surface area contributed by atoms with Crippen molar-refractivity contribution in [3.63, 3.8) is 0 Å². The van der Waals surface area contributed by atoms with Crippen LogP contribution in [0.3, 0.4) is 0 Å². The van der Waals surface area contributed by atoms with Crippen molar-refractivity contribution in [2.24, 2.45) is 0 Å². The molecule has 1 nitrogen and oxygen atoms in total. The fourth-order valence-electron chi connectivity index (χ4n) is 2.63. The highest BCUT2D eigenvalue weighted by molar-refractivity contribution is 5.88. The van der Waals surface area contributed by atoms with Gasteiger partial charge >= 0.3 is 0 Å². The molecule has 0 saturated carbocycles. The molecule has 0 unspecified atom stereocenters. The SMILES string of the molecule is CCc1ccc(-c2ccccc2-c2ccccc2N)cc1. The minimum absolute atomic E-state index is 0.815. The summed E-state index contributed by atoms with van der Waals surface area (Å²) in [5.41, 5.74) is 13.0. The van der Waals surface area contributed by atoms with Crippen LogP contribution in [0.5, 0.6) is 0 Å². The topological polar surface area (TPSA) is 26.0 Å². The molecule has 21 heavy (non-hydrogen) atoms. The van der Waals surface area contributed by atoms with E-state index in [-0.39, 0.29) is 0 Å². The summed E-state index contributed by atoms with van der Waals surface area (Å²) in [7, 11) is 0. The van der Waals surface area contributed by atoms with E-state index in [1.807, 2.05) is 18.2 Å². The van der Waals surface area contributed by atoms with E-state index < -0.39 is 0 Å². The fourth-order valence-corrected chi connectivity index (χ4v) is 2.63. The molecule has 0 aliphatic heterocycles. The Bertz CT molecular complexity index is 742. The molecule has 3 aromatic carbocycles. The molecule has 2 N–H and O–H groups in total. The first-order valence-corrected chi connectivity index (χ1v) is 7.33. The van der Waals surface area contributed by atoms with Gasteiger partial charge in [-0.15, -0.1) is 0 Å². The maximum Gasteiger partial charge on any atom is 0.0393 e. The maximum absolute atomic E-state index is 6.15. The Hall–Kier alpha value is -2.54. The number of aryl methyl sites for hydroxylation is 1. The average Bonchev–Trinajstić information content (AvgIpc) is 2.55. The van der Waals surface area contributed by atoms with Gasteiger partial charge in [-0.3, -0.25) is 0 Å². The number of nitrogens with two attached hydrogens (primary N) is 1. The summed E-state index contributed by atoms with van der Waals surface area (Å²) in [6, 6.07) is 25.2. The summed E-state index contributed by atoms with van der Waals surface area (Å²) >= 11 is 0. The lowest BCUT2D eigenvalue weighted by atomic mass is 9.93. The van der Waals surface area contributed by atoms with Gasteiger partial charge in [0.25, 0.3) is 0 Å². The van der Waals surface area contributed by atoms with Crippen molar-refractivity contribution >= 4 is 5.69 Å². The molecular formula is C20H19N. The first-order valence-electron chi connectivity index (χ1n) is 7.33. The number of nitrogen functional groups attached to an aromatic ring is 1. The van der Waals surface area contributed by atoms with E-state index in [9.17, 15) is 0 Å². The summed E-state index contributed by atoms with van der Waals surface area (Å²) in [5, 5.41) is 0. The van der Waals surface area contributed by atoms with E-state index in [4.69, 9.17) is 5.73 Å². The molecule has 1 heteroatoms. The van der Waals surface area contributed by atoms with Gasteiger partial charge in [0.05, 0.1) is 0 Å². The molecule has 0 aliphatic rings. The van der Waals surface area contributed by atoms with Crippen LogP contribution < -0.4 is 5.73 Å². The highest BCUT2D eigenvalue weighted by Crippen LogP contribution is 2.34. The van der Waals surface area contributed by atoms with Crippen molar-refractivity contribution in [1.29, 1.82) is 0 Å². The number of anilines is 1. The molecule has 0 aromatic heterocycles. The summed E-state index contributed by atoms with van der Waals surface area (Å²) < 4.78 is 0. The van der Waals surface area contributed by atoms with Gasteiger partial charge in [-0.2, -0.15) is 0 Å². The number of benzene rings is 3. The van der Waals surface area contributed by atoms with Gasteiger partial charge in [0.2, 0.25) is 0 Å². The molecule has 0 radical (unpaired) electrons. The van der Waals surface area contributed by atoms with Crippen LogP contribution >= 0.6 is 0 Å². The molecule has 0 fully saturated rings. The number of hydrogen-bond acceptors (Lipinski definition) is 1. The second kappa shape index (κ2) is 5.84. The second-order valence-corrected chi connectivity index (χ2v) is 5.18. The normalized spacial score (nSPS) is 10.5. The molecular weight excluding hydrogens is 254 g/mol. The van der Waals surface area contributed by atoms with Crippen LogP contribution in [-0.4, -0.2) is 0 Å². The van der Waals surface area contributed by atoms with Crippen molar-refractivity contribution < 1.29 is 0 Å². The number of hydrogen-bond donors (Lipinski definition) is 1. The van der Waals surface area contributed by atoms with Crippen molar-refractivity contribution in [2.75, 3.05) is 5.73 Å². The zero-order valence-electron chi connectivity index (χ0n) is 12.2. The van der Waals surface area contributed by atoms with Crippen LogP contribution in [0, 0.1) is 0 Å². The molecule has 0 atom stereocenters. The average molecular weight is 273 g/mol. The van der Waals surface area contributed by atoms with Crippen molar-refractivity contribution in [1.82, 2.24) is 0 Å². The standard InChI is InChI=1S/C20H19N/c1-2-15-11-13-16(14-12-15)17-7-3-4-8-18(17)19-9-5-6-10-20(19)21/h3-14H,2,21H2,1H3. The van der Waals surface area contributed by atoms with Crippen molar-refractivity contribution in [3.8, 4) is 22.3 Å². The summed E-state index contributed by atoms with van der Waals surface area (Å²) in [6.45, 7) is 2.17. The Balaban J connectivity index is 2.13. The van der Waals surface area contributed by atoms with Gasteiger partial charge in [-0.25, -0.2) is 0 Å². The van der Waals surface area contributed by atoms with E-state index in [2.05, 4.69) is 61.5 Å². The lowest BCUT2D eigenvalue weighted by molar-refractivity contribution is 1.14. The van der Waals surface area contributed by atoms with E-state index in [0.29, 0.717) is 0 Å². The minimum Gasteiger partial charge on any atom is -0.398 e. The first-order chi connectivity index (χ1) is 10.3. The summed E-state index contributed by atoms with van der Waals surface area (Å²) in [6.07, 6.45) is 1.06. The summed E-state index contributed by atoms with van der Waals surface area (Å²) in [4.78, 5) is 0. The van der Waals surface area contributed by atoms with Crippen molar-refractivity contribution in [3.05, 3.63) is 78.4 Å². The summed E-state index contributed by atoms with van der Waals surface area (Å²) in [5.74, 6) is 0. The molecule has 0 heterocycles. The predicted octanol–water partition coefficient (Wildman–Crippen LogP) is 5.17. The molecule has 3 aromatic rings. The molecule has 0 amide bonds. The third kappa shape index (κ3) is 2.68. The van der Waals surface area contributed by atoms with Gasteiger partial charge in [-0.05, 0) is 34.7 Å². The third-order valence-electron chi connectivity index (χ3n) is 3.85. The molecule has 3 rings (SSSR count). The minimum atomic E-state index is 0.815. The second-order valence-electron chi connectivity index (χ2n) is 5.18. The van der Waals surface area contributed by atoms with Gasteiger partial charge in [0, 0.05) is 11.3 Å². The lowest BCUT2D eigenvalue weighted by Crippen LogP contribution is -1.91. The lowest BCUT2D eigenvalue weighted by Gasteiger charge is -2.12. The van der Waals surface area contributed by atoms with Crippen LogP contribution in [0.4, 0.5) is 5.69 Å². The monoisotopic (exact) mass is 273 g/mol. The smallest absolute Gasteiger partial charge is 0.0393 e. The largest absolute Gasteiger partial charge is 0.398 e. The van der Waals surface area contributed by atoms with Gasteiger partial charge in [0.1, 0.15) is 0 Å². The Morgan fingerprint density at radius 2 is 1.24 bits per heavy atom. The van der Waals surface area contributed by atoms with Gasteiger partial charge in [0.15, 0.2) is 0 Å². The van der Waals surface area contributed by atoms with Gasteiger partial charge in [-0.1, -0.05) is 73.7 Å². The van der Waals surface area contributed by atoms with E-state index in [1.54, 1.807) is 0 Å². The molecule has 0 saturated heterocycles. The maximum atomic E-state index is 6.15. The number of para-hydroxylation sites is 1. The molecule has 0 aliphatic carbocycles. The quantitative estimate of drug-likeness (QED) is 0.655. The Morgan fingerprint density at radius 1 is 0.667 bits per heavy atom. The molecule has 104 valence electrons. The van der Waals surface area contributed by atoms with Crippen molar-refractivity contribution in [2.45, 2.75) is 13.3 Å². The fraction of sp³-hybridized carbons (Fsp3) is 0.100. The van der Waals surface area contributed by atoms with Gasteiger partial charge < -0.3 is 5.73 Å². The van der Waals surface area contributed by atoms with Crippen LogP contribution in [0.2, 0.25) is 0 Å². The zero-order chi connectivity index (χ0) is 14.7. The van der Waals surface area contributed by atoms with Crippen LogP contribution in [0.15, 0.2) is 72.8 Å². The third-order valence-corrected chi connectivity index (χ3v) is 3.85.